The van der Waals surface area contributed by atoms with Crippen LogP contribution in [0.25, 0.3) is 0 Å². The molecule has 2 heterocycles. The third-order valence-electron chi connectivity index (χ3n) is 2.88. The monoisotopic (exact) mass is 320 g/mol. The average molecular weight is 321 g/mol. The molecule has 0 atom stereocenters. The summed E-state index contributed by atoms with van der Waals surface area (Å²) in [5, 5.41) is 0. The summed E-state index contributed by atoms with van der Waals surface area (Å²) in [6, 6.07) is 2.11. The van der Waals surface area contributed by atoms with Crippen molar-refractivity contribution in [2.45, 2.75) is 11.4 Å². The van der Waals surface area contributed by atoms with E-state index in [-0.39, 0.29) is 0 Å². The first kappa shape index (κ1) is 14.6. The lowest BCUT2D eigenvalue weighted by atomic mass is 10.3. The molecule has 2 rings (SSSR count). The van der Waals surface area contributed by atoms with Gasteiger partial charge in [-0.3, -0.25) is 0 Å². The molecule has 0 radical (unpaired) electrons. The summed E-state index contributed by atoms with van der Waals surface area (Å²) in [5.74, 6) is 0.780. The van der Waals surface area contributed by atoms with Gasteiger partial charge in [0.15, 0.2) is 0 Å². The Morgan fingerprint density at radius 1 is 1.39 bits per heavy atom. The van der Waals surface area contributed by atoms with Gasteiger partial charge in [-0.05, 0) is 6.07 Å². The molecule has 18 heavy (non-hydrogen) atoms. The highest BCUT2D eigenvalue weighted by Crippen LogP contribution is 2.33. The summed E-state index contributed by atoms with van der Waals surface area (Å²) in [6.07, 6.45) is 2.04. The fourth-order valence-electron chi connectivity index (χ4n) is 1.97. The highest BCUT2D eigenvalue weighted by atomic mass is 33.1. The van der Waals surface area contributed by atoms with Gasteiger partial charge in [-0.1, -0.05) is 23.0 Å². The molecule has 1 aliphatic rings. The lowest BCUT2D eigenvalue weighted by molar-refractivity contribution is 0.122. The molecule has 7 heteroatoms. The van der Waals surface area contributed by atoms with Gasteiger partial charge in [0.25, 0.3) is 0 Å². The fraction of sp³-hybridized carbons (Fsp3) is 0.545. The largest absolute Gasteiger partial charge is 0.378 e. The Morgan fingerprint density at radius 3 is 2.72 bits per heavy atom. The molecular weight excluding hydrogens is 304 g/mol. The van der Waals surface area contributed by atoms with E-state index < -0.39 is 0 Å². The quantitative estimate of drug-likeness (QED) is 0.504. The van der Waals surface area contributed by atoms with Crippen LogP contribution in [0, 0.1) is 4.64 Å². The van der Waals surface area contributed by atoms with E-state index >= 15 is 0 Å². The number of anilines is 1. The van der Waals surface area contributed by atoms with Gasteiger partial charge in [-0.15, -0.1) is 11.7 Å². The third-order valence-corrected chi connectivity index (χ3v) is 4.78. The van der Waals surface area contributed by atoms with Gasteiger partial charge in [0.05, 0.1) is 23.8 Å². The Hall–Kier alpha value is 0.180. The average Bonchev–Trinajstić information content (AvgIpc) is 2.42. The molecule has 0 aliphatic carbocycles. The van der Waals surface area contributed by atoms with E-state index in [1.807, 2.05) is 10.8 Å². The molecule has 0 bridgehead atoms. The Bertz CT molecular complexity index is 457. The van der Waals surface area contributed by atoms with Gasteiger partial charge < -0.3 is 14.2 Å². The number of ether oxygens (including phenoxy) is 1. The predicted molar refractivity (Wildman–Crippen MR) is 87.0 cm³/mol. The SMILES string of the molecule is S=c1c(SS)c(N2CCOCC2)ccn1CCS. The van der Waals surface area contributed by atoms with Crippen LogP contribution in [-0.4, -0.2) is 36.6 Å². The molecule has 1 saturated heterocycles. The lowest BCUT2D eigenvalue weighted by Crippen LogP contribution is -2.36. The first-order chi connectivity index (χ1) is 8.77. The normalized spacial score (nSPS) is 16.0. The van der Waals surface area contributed by atoms with E-state index in [0.717, 1.165) is 48.1 Å². The van der Waals surface area contributed by atoms with Crippen LogP contribution in [0.5, 0.6) is 0 Å². The van der Waals surface area contributed by atoms with E-state index in [0.29, 0.717) is 0 Å². The van der Waals surface area contributed by atoms with Crippen molar-refractivity contribution in [3.05, 3.63) is 16.9 Å². The molecule has 0 saturated carbocycles. The van der Waals surface area contributed by atoms with Crippen LogP contribution in [0.3, 0.4) is 0 Å². The number of thiol groups is 2. The summed E-state index contributed by atoms with van der Waals surface area (Å²) in [5.41, 5.74) is 1.17. The van der Waals surface area contributed by atoms with Crippen molar-refractivity contribution in [1.82, 2.24) is 4.57 Å². The van der Waals surface area contributed by atoms with Gasteiger partial charge in [0, 0.05) is 31.6 Å². The maximum absolute atomic E-state index is 5.51. The number of morpholine rings is 1. The van der Waals surface area contributed by atoms with Gasteiger partial charge >= 0.3 is 0 Å². The molecule has 1 aromatic rings. The summed E-state index contributed by atoms with van der Waals surface area (Å²) in [4.78, 5) is 3.36. The van der Waals surface area contributed by atoms with E-state index in [1.54, 1.807) is 0 Å². The zero-order chi connectivity index (χ0) is 13.0. The highest BCUT2D eigenvalue weighted by Gasteiger charge is 2.16. The van der Waals surface area contributed by atoms with Crippen molar-refractivity contribution in [2.24, 2.45) is 0 Å². The van der Waals surface area contributed by atoms with E-state index in [2.05, 4.69) is 35.3 Å². The third kappa shape index (κ3) is 3.19. The Morgan fingerprint density at radius 2 is 2.11 bits per heavy atom. The number of aromatic nitrogens is 1. The summed E-state index contributed by atoms with van der Waals surface area (Å²) < 4.78 is 8.27. The molecular formula is C11H16N2OS4. The van der Waals surface area contributed by atoms with Crippen LogP contribution in [0.2, 0.25) is 0 Å². The highest BCUT2D eigenvalue weighted by molar-refractivity contribution is 8.68. The van der Waals surface area contributed by atoms with Crippen molar-refractivity contribution < 1.29 is 4.74 Å². The molecule has 0 spiro atoms. The molecule has 1 aromatic heterocycles. The summed E-state index contributed by atoms with van der Waals surface area (Å²) >= 11 is 14.1. The van der Waals surface area contributed by atoms with Gasteiger partial charge in [-0.2, -0.15) is 12.6 Å². The fourth-order valence-corrected chi connectivity index (χ4v) is 3.78. The van der Waals surface area contributed by atoms with Crippen molar-refractivity contribution in [2.75, 3.05) is 37.0 Å². The van der Waals surface area contributed by atoms with E-state index in [4.69, 9.17) is 17.0 Å². The molecule has 0 N–H and O–H groups in total. The zero-order valence-corrected chi connectivity index (χ0v) is 13.3. The molecule has 0 aromatic carbocycles. The predicted octanol–water partition coefficient (Wildman–Crippen LogP) is 2.92. The minimum absolute atomic E-state index is 0.773. The lowest BCUT2D eigenvalue weighted by Gasteiger charge is -2.30. The van der Waals surface area contributed by atoms with E-state index in [9.17, 15) is 0 Å². The summed E-state index contributed by atoms with van der Waals surface area (Å²) in [7, 11) is 1.42. The molecule has 1 fully saturated rings. The van der Waals surface area contributed by atoms with Crippen LogP contribution < -0.4 is 4.90 Å². The maximum atomic E-state index is 5.51. The van der Waals surface area contributed by atoms with Crippen LogP contribution in [0.1, 0.15) is 0 Å². The van der Waals surface area contributed by atoms with Gasteiger partial charge in [-0.25, -0.2) is 0 Å². The Balaban J connectivity index is 2.35. The van der Waals surface area contributed by atoms with Crippen molar-refractivity contribution in [3.63, 3.8) is 0 Å². The maximum Gasteiger partial charge on any atom is 0.122 e. The van der Waals surface area contributed by atoms with Gasteiger partial charge in [0.2, 0.25) is 0 Å². The molecule has 0 unspecified atom stereocenters. The standard InChI is InChI=1S/C11H16N2OS4/c15-8-5-13-2-1-9(10(18-17)11(13)16)12-3-6-14-7-4-12/h1-2,15,17H,3-8H2. The number of aryl methyl sites for hydroxylation is 1. The van der Waals surface area contributed by atoms with Crippen molar-refractivity contribution in [3.8, 4) is 0 Å². The summed E-state index contributed by atoms with van der Waals surface area (Å²) in [6.45, 7) is 4.19. The Kier molecular flexibility index (Phi) is 5.75. The molecule has 0 amide bonds. The van der Waals surface area contributed by atoms with Crippen LogP contribution in [0.15, 0.2) is 17.2 Å². The first-order valence-corrected chi connectivity index (χ1v) is 8.67. The minimum Gasteiger partial charge on any atom is -0.378 e. The molecule has 1 aliphatic heterocycles. The smallest absolute Gasteiger partial charge is 0.122 e. The minimum atomic E-state index is 0.773. The Labute approximate surface area is 127 Å². The number of nitrogens with zero attached hydrogens (tertiary/aromatic N) is 2. The van der Waals surface area contributed by atoms with Crippen LogP contribution in [0.4, 0.5) is 5.69 Å². The number of hydrogen-bond donors (Lipinski definition) is 2. The number of pyridine rings is 1. The topological polar surface area (TPSA) is 17.4 Å². The van der Waals surface area contributed by atoms with Crippen molar-refractivity contribution in [1.29, 1.82) is 0 Å². The van der Waals surface area contributed by atoms with Crippen LogP contribution >= 0.6 is 47.3 Å². The number of rotatable bonds is 4. The van der Waals surface area contributed by atoms with Crippen molar-refractivity contribution >= 4 is 53.0 Å². The second kappa shape index (κ2) is 7.09. The molecule has 100 valence electrons. The number of hydrogen-bond acceptors (Lipinski definition) is 6. The van der Waals surface area contributed by atoms with Gasteiger partial charge in [0.1, 0.15) is 4.64 Å². The zero-order valence-electron chi connectivity index (χ0n) is 9.91. The second-order valence-electron chi connectivity index (χ2n) is 3.94. The molecule has 3 nitrogen and oxygen atoms in total. The second-order valence-corrected chi connectivity index (χ2v) is 5.92. The van der Waals surface area contributed by atoms with E-state index in [1.165, 1.54) is 16.5 Å². The van der Waals surface area contributed by atoms with Crippen LogP contribution in [-0.2, 0) is 11.3 Å². The first-order valence-electron chi connectivity index (χ1n) is 5.76.